The molecular weight excluding hydrogens is 290 g/mol. The Labute approximate surface area is 135 Å². The first-order valence-electron chi connectivity index (χ1n) is 8.06. The minimum Gasteiger partial charge on any atom is -0.471 e. The quantitative estimate of drug-likeness (QED) is 0.807. The second-order valence-electron chi connectivity index (χ2n) is 6.70. The summed E-state index contributed by atoms with van der Waals surface area (Å²) in [6, 6.07) is 4.30. The lowest BCUT2D eigenvalue weighted by molar-refractivity contribution is 0.0697. The van der Waals surface area contributed by atoms with Crippen molar-refractivity contribution in [3.8, 4) is 11.1 Å². The number of fused-ring (bicyclic) bond motifs is 1. The maximum atomic E-state index is 12.8. The van der Waals surface area contributed by atoms with Gasteiger partial charge in [0.2, 0.25) is 0 Å². The molecule has 1 amide bonds. The van der Waals surface area contributed by atoms with Gasteiger partial charge in [0.1, 0.15) is 6.26 Å². The lowest BCUT2D eigenvalue weighted by Crippen LogP contribution is -2.34. The van der Waals surface area contributed by atoms with E-state index in [-0.39, 0.29) is 5.91 Å². The molecule has 1 fully saturated rings. The first kappa shape index (κ1) is 14.2. The smallest absolute Gasteiger partial charge is 0.255 e. The van der Waals surface area contributed by atoms with Gasteiger partial charge in [-0.15, -0.1) is 0 Å². The van der Waals surface area contributed by atoms with E-state index < -0.39 is 0 Å². The molecule has 0 N–H and O–H groups in total. The first-order valence-corrected chi connectivity index (χ1v) is 8.06. The SMILES string of the molecule is Cc1cc(-c2cocc2C=O)cc2c1C(=O)N([C@@H](C)C1CC1)C2. The Bertz CT molecular complexity index is 801. The molecule has 0 unspecified atom stereocenters. The summed E-state index contributed by atoms with van der Waals surface area (Å²) in [5, 5.41) is 0. The van der Waals surface area contributed by atoms with Gasteiger partial charge in [0.05, 0.1) is 11.8 Å². The average molecular weight is 309 g/mol. The first-order chi connectivity index (χ1) is 11.1. The summed E-state index contributed by atoms with van der Waals surface area (Å²) in [4.78, 5) is 25.9. The van der Waals surface area contributed by atoms with E-state index in [0.29, 0.717) is 24.1 Å². The van der Waals surface area contributed by atoms with Crippen molar-refractivity contribution in [3.05, 3.63) is 46.9 Å². The van der Waals surface area contributed by atoms with Crippen LogP contribution in [0.15, 0.2) is 29.1 Å². The van der Waals surface area contributed by atoms with E-state index in [1.165, 1.54) is 19.1 Å². The highest BCUT2D eigenvalue weighted by molar-refractivity contribution is 6.01. The van der Waals surface area contributed by atoms with Crippen molar-refractivity contribution >= 4 is 12.2 Å². The van der Waals surface area contributed by atoms with Crippen LogP contribution in [0.25, 0.3) is 11.1 Å². The van der Waals surface area contributed by atoms with Crippen LogP contribution in [0.4, 0.5) is 0 Å². The Morgan fingerprint density at radius 1 is 1.30 bits per heavy atom. The van der Waals surface area contributed by atoms with Gasteiger partial charge >= 0.3 is 0 Å². The predicted octanol–water partition coefficient (Wildman–Crippen LogP) is 3.82. The molecule has 1 aromatic carbocycles. The molecule has 4 nitrogen and oxygen atoms in total. The largest absolute Gasteiger partial charge is 0.471 e. The van der Waals surface area contributed by atoms with Gasteiger partial charge in [-0.3, -0.25) is 9.59 Å². The van der Waals surface area contributed by atoms with Crippen LogP contribution in [-0.2, 0) is 6.54 Å². The zero-order chi connectivity index (χ0) is 16.1. The van der Waals surface area contributed by atoms with Crippen LogP contribution in [0.1, 0.15) is 51.6 Å². The van der Waals surface area contributed by atoms with Crippen LogP contribution in [-0.4, -0.2) is 23.1 Å². The fourth-order valence-electron chi connectivity index (χ4n) is 3.64. The lowest BCUT2D eigenvalue weighted by Gasteiger charge is -2.24. The van der Waals surface area contributed by atoms with Crippen molar-refractivity contribution in [2.45, 2.75) is 39.3 Å². The number of furan rings is 1. The minimum atomic E-state index is 0.145. The van der Waals surface area contributed by atoms with E-state index in [2.05, 4.69) is 6.92 Å². The molecule has 0 spiro atoms. The van der Waals surface area contributed by atoms with Crippen LogP contribution in [0.5, 0.6) is 0 Å². The van der Waals surface area contributed by atoms with E-state index in [1.54, 1.807) is 6.26 Å². The third-order valence-corrected chi connectivity index (χ3v) is 5.16. The van der Waals surface area contributed by atoms with Gasteiger partial charge in [-0.1, -0.05) is 6.07 Å². The molecule has 4 heteroatoms. The molecule has 2 aromatic rings. The van der Waals surface area contributed by atoms with Crippen molar-refractivity contribution in [2.75, 3.05) is 0 Å². The monoisotopic (exact) mass is 309 g/mol. The van der Waals surface area contributed by atoms with E-state index in [1.807, 2.05) is 24.0 Å². The number of hydrogen-bond acceptors (Lipinski definition) is 3. The third kappa shape index (κ3) is 2.21. The molecule has 0 bridgehead atoms. The average Bonchev–Trinajstić information content (AvgIpc) is 3.18. The van der Waals surface area contributed by atoms with E-state index in [4.69, 9.17) is 4.42 Å². The molecule has 23 heavy (non-hydrogen) atoms. The van der Waals surface area contributed by atoms with E-state index >= 15 is 0 Å². The Morgan fingerprint density at radius 2 is 2.09 bits per heavy atom. The molecule has 2 heterocycles. The predicted molar refractivity (Wildman–Crippen MR) is 86.3 cm³/mol. The van der Waals surface area contributed by atoms with Gasteiger partial charge in [-0.05, 0) is 55.4 Å². The molecule has 118 valence electrons. The van der Waals surface area contributed by atoms with Crippen molar-refractivity contribution < 1.29 is 14.0 Å². The number of nitrogens with zero attached hydrogens (tertiary/aromatic N) is 1. The highest BCUT2D eigenvalue weighted by Gasteiger charge is 2.39. The topological polar surface area (TPSA) is 50.5 Å². The second kappa shape index (κ2) is 5.08. The number of benzene rings is 1. The maximum Gasteiger partial charge on any atom is 0.255 e. The number of rotatable bonds is 4. The van der Waals surface area contributed by atoms with Gasteiger partial charge in [0.15, 0.2) is 6.29 Å². The Morgan fingerprint density at radius 3 is 2.78 bits per heavy atom. The normalized spacial score (nSPS) is 18.2. The standard InChI is InChI=1S/C19H19NO3/c1-11-5-14(17-10-23-9-16(17)8-21)6-15-7-20(19(22)18(11)15)12(2)13-3-4-13/h5-6,8-10,12-13H,3-4,7H2,1-2H3/t12-/m0/s1. The third-order valence-electron chi connectivity index (χ3n) is 5.16. The minimum absolute atomic E-state index is 0.145. The molecule has 1 aliphatic carbocycles. The summed E-state index contributed by atoms with van der Waals surface area (Å²) in [5.74, 6) is 0.801. The zero-order valence-electron chi connectivity index (χ0n) is 13.3. The summed E-state index contributed by atoms with van der Waals surface area (Å²) in [6.45, 7) is 4.78. The van der Waals surface area contributed by atoms with Crippen LogP contribution < -0.4 is 0 Å². The number of aryl methyl sites for hydroxylation is 1. The van der Waals surface area contributed by atoms with Crippen molar-refractivity contribution in [1.29, 1.82) is 0 Å². The van der Waals surface area contributed by atoms with Crippen LogP contribution in [0.2, 0.25) is 0 Å². The van der Waals surface area contributed by atoms with Gasteiger partial charge in [0, 0.05) is 23.7 Å². The Kier molecular flexibility index (Phi) is 3.15. The number of aldehydes is 1. The molecule has 4 rings (SSSR count). The van der Waals surface area contributed by atoms with Crippen molar-refractivity contribution in [1.82, 2.24) is 4.90 Å². The highest BCUT2D eigenvalue weighted by Crippen LogP contribution is 2.40. The summed E-state index contributed by atoms with van der Waals surface area (Å²) in [5.41, 5.74) is 5.11. The Hall–Kier alpha value is -2.36. The fraction of sp³-hybridized carbons (Fsp3) is 0.368. The Balaban J connectivity index is 1.74. The molecule has 1 saturated carbocycles. The van der Waals surface area contributed by atoms with Gasteiger partial charge in [-0.2, -0.15) is 0 Å². The molecule has 1 atom stereocenters. The highest BCUT2D eigenvalue weighted by atomic mass is 16.3. The van der Waals surface area contributed by atoms with Gasteiger partial charge < -0.3 is 9.32 Å². The molecule has 1 aromatic heterocycles. The molecule has 0 radical (unpaired) electrons. The zero-order valence-corrected chi connectivity index (χ0v) is 13.3. The summed E-state index contributed by atoms with van der Waals surface area (Å²) < 4.78 is 5.16. The number of hydrogen-bond donors (Lipinski definition) is 0. The van der Waals surface area contributed by atoms with E-state index in [0.717, 1.165) is 34.1 Å². The van der Waals surface area contributed by atoms with Crippen LogP contribution in [0, 0.1) is 12.8 Å². The number of carbonyl (C=O) groups excluding carboxylic acids is 2. The fourth-order valence-corrected chi connectivity index (χ4v) is 3.64. The molecular formula is C19H19NO3. The molecule has 2 aliphatic rings. The van der Waals surface area contributed by atoms with Gasteiger partial charge in [-0.25, -0.2) is 0 Å². The summed E-state index contributed by atoms with van der Waals surface area (Å²) in [6.07, 6.45) is 6.30. The molecule has 0 saturated heterocycles. The van der Waals surface area contributed by atoms with Gasteiger partial charge in [0.25, 0.3) is 5.91 Å². The van der Waals surface area contributed by atoms with Crippen molar-refractivity contribution in [2.24, 2.45) is 5.92 Å². The van der Waals surface area contributed by atoms with E-state index in [9.17, 15) is 9.59 Å². The summed E-state index contributed by atoms with van der Waals surface area (Å²) >= 11 is 0. The second-order valence-corrected chi connectivity index (χ2v) is 6.70. The summed E-state index contributed by atoms with van der Waals surface area (Å²) in [7, 11) is 0. The number of carbonyl (C=O) groups is 2. The van der Waals surface area contributed by atoms with Crippen LogP contribution in [0.3, 0.4) is 0 Å². The molecule has 1 aliphatic heterocycles. The van der Waals surface area contributed by atoms with Crippen LogP contribution >= 0.6 is 0 Å². The number of amides is 1. The lowest BCUT2D eigenvalue weighted by atomic mass is 9.96. The van der Waals surface area contributed by atoms with Crippen molar-refractivity contribution in [3.63, 3.8) is 0 Å². The maximum absolute atomic E-state index is 12.8.